The molecule has 3 amide bonds. The van der Waals surface area contributed by atoms with E-state index in [1.807, 2.05) is 13.0 Å². The SMILES string of the molecule is Cc1cc(NC(=O)CCN2C(=O)c3ccccc3C2=O)n(-c2cccc(Cl)c2)n1. The standard InChI is InChI=1S/C21H17ClN4O3/c1-13-11-18(26(24-13)15-6-4-5-14(22)12-15)23-19(27)9-10-25-20(28)16-7-2-3-8-17(16)21(25)29/h2-8,11-12H,9-10H2,1H3,(H,23,27). The molecule has 0 spiro atoms. The van der Waals surface area contributed by atoms with E-state index in [9.17, 15) is 14.4 Å². The Morgan fingerprint density at radius 1 is 1.03 bits per heavy atom. The van der Waals surface area contributed by atoms with Crippen LogP contribution in [-0.4, -0.2) is 38.9 Å². The van der Waals surface area contributed by atoms with Crippen LogP contribution >= 0.6 is 11.6 Å². The highest BCUT2D eigenvalue weighted by molar-refractivity contribution is 6.30. The monoisotopic (exact) mass is 408 g/mol. The third-order valence-electron chi connectivity index (χ3n) is 4.59. The largest absolute Gasteiger partial charge is 0.311 e. The molecule has 0 radical (unpaired) electrons. The molecular formula is C21H17ClN4O3. The van der Waals surface area contributed by atoms with Gasteiger partial charge in [-0.2, -0.15) is 5.10 Å². The maximum absolute atomic E-state index is 12.5. The zero-order valence-electron chi connectivity index (χ0n) is 15.6. The van der Waals surface area contributed by atoms with E-state index < -0.39 is 0 Å². The van der Waals surface area contributed by atoms with Gasteiger partial charge >= 0.3 is 0 Å². The number of nitrogens with zero attached hydrogens (tertiary/aromatic N) is 3. The van der Waals surface area contributed by atoms with Gasteiger partial charge in [0.25, 0.3) is 11.8 Å². The van der Waals surface area contributed by atoms with E-state index in [4.69, 9.17) is 11.6 Å². The second kappa shape index (κ2) is 7.52. The summed E-state index contributed by atoms with van der Waals surface area (Å²) < 4.78 is 1.58. The maximum Gasteiger partial charge on any atom is 0.261 e. The number of rotatable bonds is 5. The lowest BCUT2D eigenvalue weighted by molar-refractivity contribution is -0.116. The van der Waals surface area contributed by atoms with Crippen LogP contribution in [0, 0.1) is 6.92 Å². The third-order valence-corrected chi connectivity index (χ3v) is 4.83. The minimum Gasteiger partial charge on any atom is -0.311 e. The van der Waals surface area contributed by atoms with Gasteiger partial charge in [0, 0.05) is 24.1 Å². The summed E-state index contributed by atoms with van der Waals surface area (Å²) in [5.74, 6) is -0.599. The highest BCUT2D eigenvalue weighted by Gasteiger charge is 2.35. The molecule has 2 aromatic carbocycles. The average molecular weight is 409 g/mol. The predicted molar refractivity (Wildman–Crippen MR) is 108 cm³/mol. The van der Waals surface area contributed by atoms with Crippen LogP contribution in [0.4, 0.5) is 5.82 Å². The number of aromatic nitrogens is 2. The number of nitrogens with one attached hydrogen (secondary N) is 1. The Bertz CT molecular complexity index is 1100. The van der Waals surface area contributed by atoms with Crippen LogP contribution in [-0.2, 0) is 4.79 Å². The van der Waals surface area contributed by atoms with Crippen molar-refractivity contribution in [2.24, 2.45) is 0 Å². The Balaban J connectivity index is 1.45. The number of benzene rings is 2. The Labute approximate surface area is 171 Å². The molecule has 7 nitrogen and oxygen atoms in total. The van der Waals surface area contributed by atoms with E-state index >= 15 is 0 Å². The lowest BCUT2D eigenvalue weighted by Gasteiger charge is -2.14. The smallest absolute Gasteiger partial charge is 0.261 e. The molecule has 8 heteroatoms. The van der Waals surface area contributed by atoms with Gasteiger partial charge in [0.2, 0.25) is 5.91 Å². The molecule has 1 aliphatic heterocycles. The lowest BCUT2D eigenvalue weighted by Crippen LogP contribution is -2.33. The van der Waals surface area contributed by atoms with Crippen molar-refractivity contribution in [3.63, 3.8) is 0 Å². The van der Waals surface area contributed by atoms with Crippen molar-refractivity contribution >= 4 is 35.1 Å². The first-order chi connectivity index (χ1) is 13.9. The second-order valence-corrected chi connectivity index (χ2v) is 7.10. The van der Waals surface area contributed by atoms with Gasteiger partial charge < -0.3 is 5.32 Å². The van der Waals surface area contributed by atoms with Crippen molar-refractivity contribution in [2.75, 3.05) is 11.9 Å². The molecule has 2 heterocycles. The fraction of sp³-hybridized carbons (Fsp3) is 0.143. The molecule has 0 saturated heterocycles. The maximum atomic E-state index is 12.5. The molecule has 0 saturated carbocycles. The summed E-state index contributed by atoms with van der Waals surface area (Å²) in [4.78, 5) is 38.4. The van der Waals surface area contributed by atoms with Crippen molar-refractivity contribution in [1.82, 2.24) is 14.7 Å². The number of halogens is 1. The van der Waals surface area contributed by atoms with E-state index in [0.717, 1.165) is 10.6 Å². The fourth-order valence-corrected chi connectivity index (χ4v) is 3.44. The number of aryl methyl sites for hydroxylation is 1. The molecule has 4 rings (SSSR count). The molecule has 146 valence electrons. The van der Waals surface area contributed by atoms with Crippen molar-refractivity contribution in [1.29, 1.82) is 0 Å². The molecule has 0 bridgehead atoms. The number of imide groups is 1. The van der Waals surface area contributed by atoms with Gasteiger partial charge in [-0.3, -0.25) is 19.3 Å². The number of hydrogen-bond donors (Lipinski definition) is 1. The highest BCUT2D eigenvalue weighted by atomic mass is 35.5. The van der Waals surface area contributed by atoms with Gasteiger partial charge in [-0.25, -0.2) is 4.68 Å². The molecular weight excluding hydrogens is 392 g/mol. The van der Waals surface area contributed by atoms with E-state index in [1.165, 1.54) is 0 Å². The number of anilines is 1. The number of hydrogen-bond acceptors (Lipinski definition) is 4. The lowest BCUT2D eigenvalue weighted by atomic mass is 10.1. The minimum atomic E-state index is -0.377. The molecule has 0 aliphatic carbocycles. The quantitative estimate of drug-likeness (QED) is 0.655. The predicted octanol–water partition coefficient (Wildman–Crippen LogP) is 3.46. The first-order valence-electron chi connectivity index (χ1n) is 9.02. The normalized spacial score (nSPS) is 13.0. The first-order valence-corrected chi connectivity index (χ1v) is 9.39. The van der Waals surface area contributed by atoms with Crippen LogP contribution in [0.15, 0.2) is 54.6 Å². The molecule has 1 aliphatic rings. The first kappa shape index (κ1) is 18.9. The molecule has 0 atom stereocenters. The van der Waals surface area contributed by atoms with E-state index in [-0.39, 0.29) is 30.7 Å². The summed E-state index contributed by atoms with van der Waals surface area (Å²) in [6, 6.07) is 15.5. The van der Waals surface area contributed by atoms with E-state index in [2.05, 4.69) is 10.4 Å². The van der Waals surface area contributed by atoms with Crippen LogP contribution in [0.5, 0.6) is 0 Å². The molecule has 0 fully saturated rings. The van der Waals surface area contributed by atoms with Crippen LogP contribution in [0.3, 0.4) is 0 Å². The summed E-state index contributed by atoms with van der Waals surface area (Å²) in [6.45, 7) is 1.82. The van der Waals surface area contributed by atoms with Gasteiger partial charge in [0.15, 0.2) is 0 Å². The topological polar surface area (TPSA) is 84.3 Å². The van der Waals surface area contributed by atoms with Gasteiger partial charge in [-0.1, -0.05) is 29.8 Å². The van der Waals surface area contributed by atoms with Crippen molar-refractivity contribution in [3.05, 3.63) is 76.4 Å². The van der Waals surface area contributed by atoms with Gasteiger partial charge in [0.05, 0.1) is 22.5 Å². The molecule has 1 aromatic heterocycles. The van der Waals surface area contributed by atoms with Gasteiger partial charge in [-0.05, 0) is 37.3 Å². The molecule has 29 heavy (non-hydrogen) atoms. The van der Waals surface area contributed by atoms with Crippen molar-refractivity contribution < 1.29 is 14.4 Å². The number of amides is 3. The summed E-state index contributed by atoms with van der Waals surface area (Å²) in [5, 5.41) is 7.74. The van der Waals surface area contributed by atoms with Crippen LogP contribution in [0.1, 0.15) is 32.8 Å². The average Bonchev–Trinajstić information content (AvgIpc) is 3.18. The van der Waals surface area contributed by atoms with Gasteiger partial charge in [0.1, 0.15) is 5.82 Å². The van der Waals surface area contributed by atoms with E-state index in [0.29, 0.717) is 27.7 Å². The molecule has 0 unspecified atom stereocenters. The zero-order chi connectivity index (χ0) is 20.5. The summed E-state index contributed by atoms with van der Waals surface area (Å²) in [7, 11) is 0. The second-order valence-electron chi connectivity index (χ2n) is 6.67. The summed E-state index contributed by atoms with van der Waals surface area (Å²) in [5.41, 5.74) is 2.17. The third kappa shape index (κ3) is 3.64. The number of carbonyl (C=O) groups excluding carboxylic acids is 3. The van der Waals surface area contributed by atoms with Gasteiger partial charge in [-0.15, -0.1) is 0 Å². The Morgan fingerprint density at radius 2 is 1.72 bits per heavy atom. The Morgan fingerprint density at radius 3 is 2.38 bits per heavy atom. The van der Waals surface area contributed by atoms with E-state index in [1.54, 1.807) is 53.2 Å². The molecule has 3 aromatic rings. The van der Waals surface area contributed by atoms with Crippen LogP contribution < -0.4 is 5.32 Å². The van der Waals surface area contributed by atoms with Crippen molar-refractivity contribution in [2.45, 2.75) is 13.3 Å². The van der Waals surface area contributed by atoms with Crippen LogP contribution in [0.2, 0.25) is 5.02 Å². The Kier molecular flexibility index (Phi) is 4.90. The summed E-state index contributed by atoms with van der Waals surface area (Å²) in [6.07, 6.45) is -0.0226. The minimum absolute atomic E-state index is 0.00244. The highest BCUT2D eigenvalue weighted by Crippen LogP contribution is 2.23. The number of fused-ring (bicyclic) bond motifs is 1. The van der Waals surface area contributed by atoms with Crippen LogP contribution in [0.25, 0.3) is 5.69 Å². The number of carbonyl (C=O) groups is 3. The summed E-state index contributed by atoms with van der Waals surface area (Å²) >= 11 is 6.05. The molecule has 1 N–H and O–H groups in total. The zero-order valence-corrected chi connectivity index (χ0v) is 16.3. The fourth-order valence-electron chi connectivity index (χ4n) is 3.25. The Hall–Kier alpha value is -3.45. The van der Waals surface area contributed by atoms with Crippen molar-refractivity contribution in [3.8, 4) is 5.69 Å².